The predicted octanol–water partition coefficient (Wildman–Crippen LogP) is 6.60. The van der Waals surface area contributed by atoms with Crippen molar-refractivity contribution in [1.29, 1.82) is 0 Å². The summed E-state index contributed by atoms with van der Waals surface area (Å²) in [5, 5.41) is 9.44. The third-order valence-corrected chi connectivity index (χ3v) is 6.90. The van der Waals surface area contributed by atoms with Gasteiger partial charge in [0.1, 0.15) is 17.8 Å². The van der Waals surface area contributed by atoms with E-state index in [1.807, 2.05) is 61.5 Å². The zero-order valence-corrected chi connectivity index (χ0v) is 21.8. The van der Waals surface area contributed by atoms with Gasteiger partial charge in [0.25, 0.3) is 0 Å². The molecule has 1 fully saturated rings. The third kappa shape index (κ3) is 6.35. The molecule has 0 spiro atoms. The quantitative estimate of drug-likeness (QED) is 0.291. The average Bonchev–Trinajstić information content (AvgIpc) is 3.55. The van der Waals surface area contributed by atoms with E-state index in [4.69, 9.17) is 14.3 Å². The Morgan fingerprint density at radius 2 is 1.86 bits per heavy atom. The normalized spacial score (nSPS) is 15.4. The molecule has 37 heavy (non-hydrogen) atoms. The van der Waals surface area contributed by atoms with Crippen molar-refractivity contribution in [3.05, 3.63) is 66.6 Å². The van der Waals surface area contributed by atoms with Crippen molar-refractivity contribution >= 4 is 17.1 Å². The van der Waals surface area contributed by atoms with Crippen molar-refractivity contribution in [2.75, 3.05) is 20.2 Å². The van der Waals surface area contributed by atoms with Crippen molar-refractivity contribution in [2.45, 2.75) is 52.0 Å². The highest BCUT2D eigenvalue weighted by atomic mass is 16.5. The minimum absolute atomic E-state index is 0.312. The van der Waals surface area contributed by atoms with Crippen LogP contribution >= 0.6 is 0 Å². The van der Waals surface area contributed by atoms with E-state index in [2.05, 4.69) is 21.8 Å². The van der Waals surface area contributed by atoms with Crippen LogP contribution in [0.15, 0.2) is 65.3 Å². The van der Waals surface area contributed by atoms with Crippen molar-refractivity contribution in [1.82, 2.24) is 14.9 Å². The van der Waals surface area contributed by atoms with E-state index < -0.39 is 5.97 Å². The zero-order valence-electron chi connectivity index (χ0n) is 21.8. The van der Waals surface area contributed by atoms with Gasteiger partial charge in [-0.05, 0) is 63.4 Å². The van der Waals surface area contributed by atoms with Gasteiger partial charge < -0.3 is 19.2 Å². The number of furan rings is 1. The van der Waals surface area contributed by atoms with Crippen LogP contribution in [0.1, 0.15) is 44.7 Å². The summed E-state index contributed by atoms with van der Waals surface area (Å²) in [6, 6.07) is 18.7. The van der Waals surface area contributed by atoms with Crippen molar-refractivity contribution < 1.29 is 19.1 Å². The number of aromatic nitrogens is 2. The van der Waals surface area contributed by atoms with Gasteiger partial charge in [0.2, 0.25) is 5.71 Å². The Labute approximate surface area is 218 Å². The lowest BCUT2D eigenvalue weighted by Crippen LogP contribution is -2.29. The molecule has 1 aliphatic heterocycles. The molecule has 1 atom stereocenters. The molecule has 0 saturated carbocycles. The molecule has 0 amide bonds. The maximum Gasteiger partial charge on any atom is 0.303 e. The van der Waals surface area contributed by atoms with Crippen LogP contribution in [-0.4, -0.2) is 52.2 Å². The van der Waals surface area contributed by atoms with Crippen molar-refractivity contribution in [3.63, 3.8) is 0 Å². The highest BCUT2D eigenvalue weighted by Gasteiger charge is 2.22. The number of nitrogens with zero attached hydrogens (tertiary/aromatic N) is 3. The fourth-order valence-corrected chi connectivity index (χ4v) is 4.99. The first kappa shape index (κ1) is 26.4. The summed E-state index contributed by atoms with van der Waals surface area (Å²) < 4.78 is 11.4. The Balaban J connectivity index is 0.000000209. The molecule has 1 saturated heterocycles. The molecule has 5 rings (SSSR count). The van der Waals surface area contributed by atoms with Crippen LogP contribution in [0.25, 0.3) is 33.6 Å². The van der Waals surface area contributed by atoms with Gasteiger partial charge in [-0.3, -0.25) is 4.79 Å². The third-order valence-electron chi connectivity index (χ3n) is 6.90. The fourth-order valence-electron chi connectivity index (χ4n) is 4.99. The SMILES string of the molecule is CCC1CCCN1CCCC(=O)O.COc1ccc(-c2c(-c3ccccc3)oc3ncnc(C)c23)cc1. The Morgan fingerprint density at radius 1 is 1.11 bits per heavy atom. The summed E-state index contributed by atoms with van der Waals surface area (Å²) in [6.07, 6.45) is 6.43. The van der Waals surface area contributed by atoms with Crippen LogP contribution in [-0.2, 0) is 4.79 Å². The molecule has 1 aliphatic rings. The lowest BCUT2D eigenvalue weighted by Gasteiger charge is -2.22. The number of benzene rings is 2. The second-order valence-electron chi connectivity index (χ2n) is 9.28. The maximum absolute atomic E-state index is 10.3. The zero-order chi connectivity index (χ0) is 26.2. The standard InChI is InChI=1S/C20H16N2O2.C10H19NO2/c1-13-17-18(14-8-10-16(23-2)11-9-14)19(15-6-4-3-5-7-15)24-20(17)22-12-21-13;1-2-9-5-3-7-11(9)8-4-6-10(12)13/h3-12H,1-2H3;9H,2-8H2,1H3,(H,12,13). The molecule has 3 heterocycles. The second-order valence-corrected chi connectivity index (χ2v) is 9.28. The number of ether oxygens (including phenoxy) is 1. The number of fused-ring (bicyclic) bond motifs is 1. The summed E-state index contributed by atoms with van der Waals surface area (Å²) in [7, 11) is 1.66. The van der Waals surface area contributed by atoms with E-state index >= 15 is 0 Å². The minimum atomic E-state index is -0.674. The topological polar surface area (TPSA) is 88.7 Å². The summed E-state index contributed by atoms with van der Waals surface area (Å²) in [6.45, 7) is 6.31. The number of hydrogen-bond acceptors (Lipinski definition) is 6. The molecule has 7 heteroatoms. The van der Waals surface area contributed by atoms with Crippen LogP contribution in [0.3, 0.4) is 0 Å². The van der Waals surface area contributed by atoms with E-state index in [9.17, 15) is 4.79 Å². The van der Waals surface area contributed by atoms with Gasteiger partial charge >= 0.3 is 5.97 Å². The van der Waals surface area contributed by atoms with Gasteiger partial charge in [-0.25, -0.2) is 9.97 Å². The van der Waals surface area contributed by atoms with Crippen molar-refractivity contribution in [3.8, 4) is 28.2 Å². The van der Waals surface area contributed by atoms with Crippen LogP contribution in [0.4, 0.5) is 0 Å². The van der Waals surface area contributed by atoms with E-state index in [0.29, 0.717) is 18.2 Å². The van der Waals surface area contributed by atoms with Gasteiger partial charge in [0.15, 0.2) is 0 Å². The summed E-state index contributed by atoms with van der Waals surface area (Å²) in [5.41, 5.74) is 4.58. The molecule has 1 N–H and O–H groups in total. The highest BCUT2D eigenvalue weighted by Crippen LogP contribution is 2.41. The second kappa shape index (κ2) is 12.5. The largest absolute Gasteiger partial charge is 0.497 e. The van der Waals surface area contributed by atoms with Crippen molar-refractivity contribution in [2.24, 2.45) is 0 Å². The Hall–Kier alpha value is -3.71. The molecular formula is C30H35N3O4. The molecule has 2 aromatic heterocycles. The first-order valence-corrected chi connectivity index (χ1v) is 12.9. The number of carboxylic acids is 1. The van der Waals surface area contributed by atoms with E-state index in [-0.39, 0.29) is 0 Å². The lowest BCUT2D eigenvalue weighted by atomic mass is 9.98. The van der Waals surface area contributed by atoms with Gasteiger partial charge in [0.05, 0.1) is 18.2 Å². The minimum Gasteiger partial charge on any atom is -0.497 e. The first-order valence-electron chi connectivity index (χ1n) is 12.9. The Kier molecular flexibility index (Phi) is 8.90. The molecule has 2 aromatic carbocycles. The maximum atomic E-state index is 10.3. The monoisotopic (exact) mass is 501 g/mol. The first-order chi connectivity index (χ1) is 18.0. The van der Waals surface area contributed by atoms with Gasteiger partial charge in [-0.2, -0.15) is 0 Å². The van der Waals surface area contributed by atoms with Crippen LogP contribution in [0, 0.1) is 6.92 Å². The van der Waals surface area contributed by atoms with E-state index in [1.165, 1.54) is 25.6 Å². The molecule has 4 aromatic rings. The molecule has 7 nitrogen and oxygen atoms in total. The van der Waals surface area contributed by atoms with Crippen LogP contribution < -0.4 is 4.74 Å². The Bertz CT molecular complexity index is 1300. The number of aryl methyl sites for hydroxylation is 1. The summed E-state index contributed by atoms with van der Waals surface area (Å²) >= 11 is 0. The Morgan fingerprint density at radius 3 is 2.54 bits per heavy atom. The van der Waals surface area contributed by atoms with Gasteiger partial charge in [-0.15, -0.1) is 0 Å². The molecule has 1 unspecified atom stereocenters. The highest BCUT2D eigenvalue weighted by molar-refractivity contribution is 6.01. The van der Waals surface area contributed by atoms with E-state index in [0.717, 1.165) is 58.8 Å². The smallest absolute Gasteiger partial charge is 0.303 e. The molecule has 0 bridgehead atoms. The number of carbonyl (C=O) groups is 1. The van der Waals surface area contributed by atoms with E-state index in [1.54, 1.807) is 7.11 Å². The molecule has 0 aliphatic carbocycles. The molecule has 0 radical (unpaired) electrons. The summed E-state index contributed by atoms with van der Waals surface area (Å²) in [5.74, 6) is 0.951. The van der Waals surface area contributed by atoms with Crippen LogP contribution in [0.5, 0.6) is 5.75 Å². The predicted molar refractivity (Wildman–Crippen MR) is 146 cm³/mol. The fraction of sp³-hybridized carbons (Fsp3) is 0.367. The number of methoxy groups -OCH3 is 1. The lowest BCUT2D eigenvalue weighted by molar-refractivity contribution is -0.137. The molecular weight excluding hydrogens is 466 g/mol. The van der Waals surface area contributed by atoms with Gasteiger partial charge in [-0.1, -0.05) is 49.4 Å². The number of hydrogen-bond donors (Lipinski definition) is 1. The number of likely N-dealkylation sites (tertiary alicyclic amines) is 1. The average molecular weight is 502 g/mol. The van der Waals surface area contributed by atoms with Crippen LogP contribution in [0.2, 0.25) is 0 Å². The summed E-state index contributed by atoms with van der Waals surface area (Å²) in [4.78, 5) is 21.4. The number of carboxylic acid groups (broad SMARTS) is 1. The number of aliphatic carboxylic acids is 1. The number of rotatable bonds is 8. The van der Waals surface area contributed by atoms with Gasteiger partial charge in [0, 0.05) is 23.6 Å². The molecule has 194 valence electrons.